The van der Waals surface area contributed by atoms with Crippen molar-refractivity contribution in [3.63, 3.8) is 0 Å². The molecule has 112 valence electrons. The van der Waals surface area contributed by atoms with Crippen molar-refractivity contribution in [3.05, 3.63) is 67.1 Å². The molecule has 0 spiro atoms. The summed E-state index contributed by atoms with van der Waals surface area (Å²) in [5, 5.41) is 4.97. The van der Waals surface area contributed by atoms with Crippen LogP contribution in [0.2, 0.25) is 10.0 Å². The minimum Gasteiger partial charge on any atom is -0.306 e. The number of halogens is 3. The molecule has 2 aromatic rings. The van der Waals surface area contributed by atoms with Gasteiger partial charge in [-0.2, -0.15) is 0 Å². The van der Waals surface area contributed by atoms with Crippen molar-refractivity contribution in [3.8, 4) is 0 Å². The molecule has 0 aliphatic rings. The second-order valence-corrected chi connectivity index (χ2v) is 6.73. The zero-order chi connectivity index (χ0) is 15.6. The molecule has 0 saturated carbocycles. The van der Waals surface area contributed by atoms with Gasteiger partial charge in [-0.05, 0) is 70.7 Å². The lowest BCUT2D eigenvalue weighted by atomic mass is 9.95. The van der Waals surface area contributed by atoms with E-state index in [4.69, 9.17) is 23.2 Å². The fourth-order valence-electron chi connectivity index (χ4n) is 2.36. The third-order valence-corrected chi connectivity index (χ3v) is 5.26. The SMILES string of the molecule is CCNC(c1cc(C)c(C)cc1Cl)c1cccc(Br)c1Cl. The van der Waals surface area contributed by atoms with Crippen LogP contribution in [0, 0.1) is 13.8 Å². The number of aryl methyl sites for hydroxylation is 2. The fourth-order valence-corrected chi connectivity index (χ4v) is 3.30. The molecule has 21 heavy (non-hydrogen) atoms. The highest BCUT2D eigenvalue weighted by atomic mass is 79.9. The first-order valence-electron chi connectivity index (χ1n) is 6.89. The Morgan fingerprint density at radius 3 is 2.43 bits per heavy atom. The zero-order valence-electron chi connectivity index (χ0n) is 12.3. The van der Waals surface area contributed by atoms with Gasteiger partial charge in [-0.3, -0.25) is 0 Å². The molecule has 0 fully saturated rings. The van der Waals surface area contributed by atoms with Crippen LogP contribution in [0.25, 0.3) is 0 Å². The first-order chi connectivity index (χ1) is 9.95. The van der Waals surface area contributed by atoms with Crippen LogP contribution >= 0.6 is 39.1 Å². The van der Waals surface area contributed by atoms with Gasteiger partial charge in [-0.25, -0.2) is 0 Å². The van der Waals surface area contributed by atoms with Crippen molar-refractivity contribution >= 4 is 39.1 Å². The minimum atomic E-state index is -0.0215. The molecule has 1 atom stereocenters. The van der Waals surface area contributed by atoms with E-state index in [-0.39, 0.29) is 6.04 Å². The van der Waals surface area contributed by atoms with Gasteiger partial charge in [0, 0.05) is 9.50 Å². The molecule has 0 saturated heterocycles. The summed E-state index contributed by atoms with van der Waals surface area (Å²) in [6.07, 6.45) is 0. The van der Waals surface area contributed by atoms with Gasteiger partial charge in [0.2, 0.25) is 0 Å². The highest BCUT2D eigenvalue weighted by Crippen LogP contribution is 2.36. The van der Waals surface area contributed by atoms with Gasteiger partial charge in [-0.15, -0.1) is 0 Å². The van der Waals surface area contributed by atoms with Crippen molar-refractivity contribution in [2.24, 2.45) is 0 Å². The normalized spacial score (nSPS) is 12.5. The standard InChI is InChI=1S/C17H18BrCl2N/c1-4-21-17(12-6-5-7-14(18)16(12)20)13-8-10(2)11(3)9-15(13)19/h5-9,17,21H,4H2,1-3H3. The van der Waals surface area contributed by atoms with E-state index in [1.165, 1.54) is 11.1 Å². The van der Waals surface area contributed by atoms with E-state index in [9.17, 15) is 0 Å². The third kappa shape index (κ3) is 3.62. The van der Waals surface area contributed by atoms with Crippen molar-refractivity contribution in [1.82, 2.24) is 5.32 Å². The molecule has 1 N–H and O–H groups in total. The Balaban J connectivity index is 2.59. The maximum atomic E-state index is 6.48. The van der Waals surface area contributed by atoms with Crippen LogP contribution in [-0.4, -0.2) is 6.54 Å². The summed E-state index contributed by atoms with van der Waals surface area (Å²) in [6.45, 7) is 7.07. The number of benzene rings is 2. The van der Waals surface area contributed by atoms with Gasteiger partial charge < -0.3 is 5.32 Å². The van der Waals surface area contributed by atoms with Crippen molar-refractivity contribution < 1.29 is 0 Å². The minimum absolute atomic E-state index is 0.0215. The largest absolute Gasteiger partial charge is 0.306 e. The van der Waals surface area contributed by atoms with Crippen LogP contribution in [0.4, 0.5) is 0 Å². The molecule has 2 aromatic carbocycles. The third-order valence-electron chi connectivity index (χ3n) is 3.62. The molecule has 1 nitrogen and oxygen atoms in total. The molecule has 0 aliphatic carbocycles. The highest BCUT2D eigenvalue weighted by Gasteiger charge is 2.20. The Morgan fingerprint density at radius 1 is 1.10 bits per heavy atom. The van der Waals surface area contributed by atoms with Crippen LogP contribution in [0.15, 0.2) is 34.8 Å². The molecule has 1 unspecified atom stereocenters. The fraction of sp³-hybridized carbons (Fsp3) is 0.294. The summed E-state index contributed by atoms with van der Waals surface area (Å²) < 4.78 is 0.893. The number of nitrogens with one attached hydrogen (secondary N) is 1. The van der Waals surface area contributed by atoms with Gasteiger partial charge in [0.25, 0.3) is 0 Å². The van der Waals surface area contributed by atoms with E-state index in [1.807, 2.05) is 24.3 Å². The van der Waals surface area contributed by atoms with Gasteiger partial charge in [0.1, 0.15) is 0 Å². The molecular formula is C17H18BrCl2N. The predicted molar refractivity (Wildman–Crippen MR) is 95.6 cm³/mol. The van der Waals surface area contributed by atoms with E-state index in [0.717, 1.165) is 32.2 Å². The summed E-state index contributed by atoms with van der Waals surface area (Å²) in [7, 11) is 0. The summed E-state index contributed by atoms with van der Waals surface area (Å²) in [4.78, 5) is 0. The summed E-state index contributed by atoms with van der Waals surface area (Å²) in [5.74, 6) is 0. The Bertz CT molecular complexity index is 655. The molecule has 0 amide bonds. The topological polar surface area (TPSA) is 12.0 Å². The molecule has 0 heterocycles. The quantitative estimate of drug-likeness (QED) is 0.672. The molecule has 0 radical (unpaired) electrons. The van der Waals surface area contributed by atoms with E-state index in [2.05, 4.69) is 48.1 Å². The average Bonchev–Trinajstić information content (AvgIpc) is 2.44. The maximum absolute atomic E-state index is 6.48. The monoisotopic (exact) mass is 385 g/mol. The summed E-state index contributed by atoms with van der Waals surface area (Å²) in [6, 6.07) is 10.1. The van der Waals surface area contributed by atoms with Crippen molar-refractivity contribution in [2.75, 3.05) is 6.54 Å². The predicted octanol–water partition coefficient (Wildman–Crippen LogP) is 6.07. The van der Waals surface area contributed by atoms with Crippen molar-refractivity contribution in [1.29, 1.82) is 0 Å². The second kappa shape index (κ2) is 7.15. The summed E-state index contributed by atoms with van der Waals surface area (Å²) >= 11 is 16.4. The number of rotatable bonds is 4. The lowest BCUT2D eigenvalue weighted by Gasteiger charge is -2.23. The maximum Gasteiger partial charge on any atom is 0.0606 e. The van der Waals surface area contributed by atoms with Crippen LogP contribution in [0.3, 0.4) is 0 Å². The molecule has 4 heteroatoms. The second-order valence-electron chi connectivity index (χ2n) is 5.09. The Hall–Kier alpha value is -0.540. The lowest BCUT2D eigenvalue weighted by Crippen LogP contribution is -2.23. The molecular weight excluding hydrogens is 369 g/mol. The van der Waals surface area contributed by atoms with Crippen LogP contribution in [0.1, 0.15) is 35.2 Å². The Kier molecular flexibility index (Phi) is 5.73. The van der Waals surface area contributed by atoms with E-state index < -0.39 is 0 Å². The molecule has 0 aliphatic heterocycles. The van der Waals surface area contributed by atoms with Crippen LogP contribution in [-0.2, 0) is 0 Å². The smallest absolute Gasteiger partial charge is 0.0606 e. The average molecular weight is 387 g/mol. The van der Waals surface area contributed by atoms with E-state index in [1.54, 1.807) is 0 Å². The Labute approximate surface area is 144 Å². The Morgan fingerprint density at radius 2 is 1.76 bits per heavy atom. The van der Waals surface area contributed by atoms with Gasteiger partial charge >= 0.3 is 0 Å². The first kappa shape index (κ1) is 16.8. The highest BCUT2D eigenvalue weighted by molar-refractivity contribution is 9.10. The van der Waals surface area contributed by atoms with E-state index in [0.29, 0.717) is 0 Å². The van der Waals surface area contributed by atoms with Crippen LogP contribution < -0.4 is 5.32 Å². The lowest BCUT2D eigenvalue weighted by molar-refractivity contribution is 0.630. The van der Waals surface area contributed by atoms with E-state index >= 15 is 0 Å². The van der Waals surface area contributed by atoms with Crippen molar-refractivity contribution in [2.45, 2.75) is 26.8 Å². The van der Waals surface area contributed by atoms with Gasteiger partial charge in [0.15, 0.2) is 0 Å². The zero-order valence-corrected chi connectivity index (χ0v) is 15.4. The van der Waals surface area contributed by atoms with Gasteiger partial charge in [0.05, 0.1) is 11.1 Å². The molecule has 0 bridgehead atoms. The number of hydrogen-bond donors (Lipinski definition) is 1. The first-order valence-corrected chi connectivity index (χ1v) is 8.44. The molecule has 0 aromatic heterocycles. The van der Waals surface area contributed by atoms with Gasteiger partial charge in [-0.1, -0.05) is 48.3 Å². The number of hydrogen-bond acceptors (Lipinski definition) is 1. The van der Waals surface area contributed by atoms with Crippen LogP contribution in [0.5, 0.6) is 0 Å². The summed E-state index contributed by atoms with van der Waals surface area (Å²) in [5.41, 5.74) is 4.50. The molecule has 2 rings (SSSR count).